The zero-order valence-electron chi connectivity index (χ0n) is 23.3. The molecule has 3 aromatic rings. The van der Waals surface area contributed by atoms with Crippen LogP contribution in [-0.4, -0.2) is 42.7 Å². The van der Waals surface area contributed by atoms with E-state index in [1.165, 1.54) is 72.7 Å². The quantitative estimate of drug-likeness (QED) is 0.284. The van der Waals surface area contributed by atoms with Gasteiger partial charge in [0.25, 0.3) is 0 Å². The maximum absolute atomic E-state index is 11.6. The molecule has 0 N–H and O–H groups in total. The SMILES string of the molecule is CCCN(C)CCC.COC(=O)c1ccc(Cc2ccc3c(c2)c(C)c(C)n3CCC(C)C)cc1. The first-order chi connectivity index (χ1) is 16.7. The fourth-order valence-corrected chi connectivity index (χ4v) is 4.47. The first-order valence-electron chi connectivity index (χ1n) is 13.2. The summed E-state index contributed by atoms with van der Waals surface area (Å²) in [5.74, 6) is 0.409. The van der Waals surface area contributed by atoms with E-state index in [1.807, 2.05) is 24.3 Å². The van der Waals surface area contributed by atoms with Crippen molar-refractivity contribution in [2.75, 3.05) is 27.2 Å². The Balaban J connectivity index is 0.000000466. The van der Waals surface area contributed by atoms with E-state index in [-0.39, 0.29) is 5.97 Å². The third-order valence-corrected chi connectivity index (χ3v) is 6.63. The Morgan fingerprint density at radius 2 is 1.57 bits per heavy atom. The lowest BCUT2D eigenvalue weighted by Crippen LogP contribution is -2.19. The van der Waals surface area contributed by atoms with Crippen molar-refractivity contribution in [1.29, 1.82) is 0 Å². The fraction of sp³-hybridized carbons (Fsp3) is 0.516. The lowest BCUT2D eigenvalue weighted by atomic mass is 10.0. The number of nitrogens with zero attached hydrogens (tertiary/aromatic N) is 2. The predicted molar refractivity (Wildman–Crippen MR) is 150 cm³/mol. The molecule has 2 aromatic carbocycles. The molecular formula is C31H46N2O2. The molecule has 0 bridgehead atoms. The highest BCUT2D eigenvalue weighted by Crippen LogP contribution is 2.28. The van der Waals surface area contributed by atoms with Gasteiger partial charge in [0.15, 0.2) is 0 Å². The number of carbonyl (C=O) groups excluding carboxylic acids is 1. The van der Waals surface area contributed by atoms with Gasteiger partial charge in [-0.05, 0) is 107 Å². The maximum atomic E-state index is 11.6. The van der Waals surface area contributed by atoms with Crippen molar-refractivity contribution < 1.29 is 9.53 Å². The van der Waals surface area contributed by atoms with E-state index in [0.29, 0.717) is 11.5 Å². The molecule has 0 unspecified atom stereocenters. The second-order valence-electron chi connectivity index (χ2n) is 10.1. The minimum Gasteiger partial charge on any atom is -0.465 e. The molecule has 0 aliphatic heterocycles. The molecule has 4 nitrogen and oxygen atoms in total. The van der Waals surface area contributed by atoms with Crippen LogP contribution in [-0.2, 0) is 17.7 Å². The minimum absolute atomic E-state index is 0.295. The number of methoxy groups -OCH3 is 1. The number of carbonyl (C=O) groups is 1. The smallest absolute Gasteiger partial charge is 0.337 e. The predicted octanol–water partition coefficient (Wildman–Crippen LogP) is 7.42. The van der Waals surface area contributed by atoms with Crippen LogP contribution in [0.3, 0.4) is 0 Å². The standard InChI is InChI=1S/C24H29NO2.C7H17N/c1-16(2)12-13-25-18(4)17(3)22-15-20(8-11-23(22)25)14-19-6-9-21(10-7-19)24(26)27-5;1-4-6-8(3)7-5-2/h6-11,15-16H,12-14H2,1-5H3;4-7H2,1-3H3. The number of esters is 1. The number of hydrogen-bond donors (Lipinski definition) is 0. The van der Waals surface area contributed by atoms with E-state index in [9.17, 15) is 4.79 Å². The van der Waals surface area contributed by atoms with Gasteiger partial charge in [-0.1, -0.05) is 45.9 Å². The van der Waals surface area contributed by atoms with E-state index in [2.05, 4.69) is 76.3 Å². The number of aryl methyl sites for hydroxylation is 2. The number of hydrogen-bond acceptors (Lipinski definition) is 3. The summed E-state index contributed by atoms with van der Waals surface area (Å²) in [6.45, 7) is 17.0. The zero-order valence-corrected chi connectivity index (χ0v) is 23.3. The van der Waals surface area contributed by atoms with Crippen LogP contribution in [0.1, 0.15) is 79.7 Å². The Bertz CT molecular complexity index is 1060. The van der Waals surface area contributed by atoms with Crippen molar-refractivity contribution >= 4 is 16.9 Å². The number of benzene rings is 2. The van der Waals surface area contributed by atoms with Crippen molar-refractivity contribution in [3.63, 3.8) is 0 Å². The molecule has 0 amide bonds. The van der Waals surface area contributed by atoms with Crippen LogP contribution in [0.4, 0.5) is 0 Å². The van der Waals surface area contributed by atoms with Crippen molar-refractivity contribution in [3.8, 4) is 0 Å². The summed E-state index contributed by atoms with van der Waals surface area (Å²) in [7, 11) is 3.58. The monoisotopic (exact) mass is 478 g/mol. The molecule has 35 heavy (non-hydrogen) atoms. The summed E-state index contributed by atoms with van der Waals surface area (Å²) in [5, 5.41) is 1.35. The topological polar surface area (TPSA) is 34.5 Å². The average molecular weight is 479 g/mol. The van der Waals surface area contributed by atoms with Gasteiger partial charge in [-0.15, -0.1) is 0 Å². The van der Waals surface area contributed by atoms with Crippen LogP contribution in [0.15, 0.2) is 42.5 Å². The molecule has 0 radical (unpaired) electrons. The van der Waals surface area contributed by atoms with E-state index < -0.39 is 0 Å². The number of aromatic nitrogens is 1. The van der Waals surface area contributed by atoms with Crippen molar-refractivity contribution in [1.82, 2.24) is 9.47 Å². The first kappa shape index (κ1) is 28.6. The van der Waals surface area contributed by atoms with Crippen LogP contribution in [0.25, 0.3) is 10.9 Å². The van der Waals surface area contributed by atoms with Crippen LogP contribution >= 0.6 is 0 Å². The first-order valence-corrected chi connectivity index (χ1v) is 13.2. The van der Waals surface area contributed by atoms with Gasteiger partial charge in [0.1, 0.15) is 0 Å². The summed E-state index contributed by atoms with van der Waals surface area (Å²) in [4.78, 5) is 13.9. The number of rotatable bonds is 10. The van der Waals surface area contributed by atoms with Crippen LogP contribution < -0.4 is 0 Å². The highest BCUT2D eigenvalue weighted by atomic mass is 16.5. The molecule has 0 aliphatic carbocycles. The lowest BCUT2D eigenvalue weighted by molar-refractivity contribution is 0.0600. The molecule has 0 aliphatic rings. The van der Waals surface area contributed by atoms with Gasteiger partial charge >= 0.3 is 5.97 Å². The largest absolute Gasteiger partial charge is 0.465 e. The molecule has 1 aromatic heterocycles. The molecule has 192 valence electrons. The molecule has 3 rings (SSSR count). The second kappa shape index (κ2) is 14.1. The van der Waals surface area contributed by atoms with E-state index in [0.717, 1.165) is 13.0 Å². The number of fused-ring (bicyclic) bond motifs is 1. The van der Waals surface area contributed by atoms with Gasteiger partial charge in [0, 0.05) is 23.1 Å². The molecule has 4 heteroatoms. The minimum atomic E-state index is -0.295. The summed E-state index contributed by atoms with van der Waals surface area (Å²) in [6.07, 6.45) is 4.60. The van der Waals surface area contributed by atoms with Gasteiger partial charge in [-0.2, -0.15) is 0 Å². The van der Waals surface area contributed by atoms with Gasteiger partial charge in [0.05, 0.1) is 12.7 Å². The van der Waals surface area contributed by atoms with Crippen molar-refractivity contribution in [3.05, 3.63) is 70.4 Å². The third kappa shape index (κ3) is 8.24. The van der Waals surface area contributed by atoms with Gasteiger partial charge in [-0.3, -0.25) is 0 Å². The summed E-state index contributed by atoms with van der Waals surface area (Å²) in [6, 6.07) is 14.5. The average Bonchev–Trinajstić information content (AvgIpc) is 3.07. The Morgan fingerprint density at radius 1 is 0.971 bits per heavy atom. The second-order valence-corrected chi connectivity index (χ2v) is 10.1. The highest BCUT2D eigenvalue weighted by molar-refractivity contribution is 5.89. The summed E-state index contributed by atoms with van der Waals surface area (Å²) < 4.78 is 7.22. The van der Waals surface area contributed by atoms with Crippen molar-refractivity contribution in [2.45, 2.75) is 73.8 Å². The molecule has 0 saturated carbocycles. The molecule has 0 fully saturated rings. The summed E-state index contributed by atoms with van der Waals surface area (Å²) in [5.41, 5.74) is 7.13. The van der Waals surface area contributed by atoms with Crippen molar-refractivity contribution in [2.24, 2.45) is 5.92 Å². The molecule has 1 heterocycles. The highest BCUT2D eigenvalue weighted by Gasteiger charge is 2.12. The van der Waals surface area contributed by atoms with Gasteiger partial charge in [0.2, 0.25) is 0 Å². The fourth-order valence-electron chi connectivity index (χ4n) is 4.47. The Morgan fingerprint density at radius 3 is 2.11 bits per heavy atom. The maximum Gasteiger partial charge on any atom is 0.337 e. The zero-order chi connectivity index (χ0) is 26.0. The Hall–Kier alpha value is -2.59. The van der Waals surface area contributed by atoms with Gasteiger partial charge in [-0.25, -0.2) is 4.79 Å². The number of ether oxygens (including phenoxy) is 1. The van der Waals surface area contributed by atoms with E-state index in [1.54, 1.807) is 0 Å². The Labute approximate surface area is 213 Å². The molecule has 0 saturated heterocycles. The molecule has 0 spiro atoms. The van der Waals surface area contributed by atoms with Crippen LogP contribution in [0.5, 0.6) is 0 Å². The van der Waals surface area contributed by atoms with E-state index in [4.69, 9.17) is 4.74 Å². The van der Waals surface area contributed by atoms with Crippen LogP contribution in [0, 0.1) is 19.8 Å². The van der Waals surface area contributed by atoms with Crippen LogP contribution in [0.2, 0.25) is 0 Å². The Kier molecular flexibility index (Phi) is 11.5. The van der Waals surface area contributed by atoms with E-state index >= 15 is 0 Å². The molecular weight excluding hydrogens is 432 g/mol. The normalized spacial score (nSPS) is 11.1. The third-order valence-electron chi connectivity index (χ3n) is 6.63. The summed E-state index contributed by atoms with van der Waals surface area (Å²) >= 11 is 0. The molecule has 0 atom stereocenters. The van der Waals surface area contributed by atoms with Gasteiger partial charge < -0.3 is 14.2 Å². The lowest BCUT2D eigenvalue weighted by Gasteiger charge is -2.12.